The van der Waals surface area contributed by atoms with Gasteiger partial charge >= 0.3 is 0 Å². The molecule has 0 bridgehead atoms. The Morgan fingerprint density at radius 2 is 1.90 bits per heavy atom. The molecule has 0 aliphatic rings. The molecular weight excluding hydrogens is 285 g/mol. The summed E-state index contributed by atoms with van der Waals surface area (Å²) >= 11 is 11.9. The lowest BCUT2D eigenvalue weighted by molar-refractivity contribution is -0.124. The molecule has 0 saturated heterocycles. The highest BCUT2D eigenvalue weighted by atomic mass is 79.9. The number of hydrogen-bond acceptors (Lipinski definition) is 1. The minimum Gasteiger partial charge on any atom is -0.369 e. The van der Waals surface area contributed by atoms with Gasteiger partial charge in [-0.05, 0) is 0 Å². The van der Waals surface area contributed by atoms with Crippen LogP contribution in [0.4, 0.5) is 0 Å². The molecule has 0 atom stereocenters. The lowest BCUT2D eigenvalue weighted by atomic mass is 9.96. The molecule has 10 heavy (non-hydrogen) atoms. The van der Waals surface area contributed by atoms with Gasteiger partial charge in [-0.25, -0.2) is 0 Å². The standard InChI is InChI=1S/C5H8Br2ClNO/c6-1-5(2-7,3-8)4(9)10/h1-3H2,(H2,9,10). The topological polar surface area (TPSA) is 43.1 Å². The second-order valence-corrected chi connectivity index (χ2v) is 3.43. The van der Waals surface area contributed by atoms with E-state index in [0.717, 1.165) is 0 Å². The van der Waals surface area contributed by atoms with Gasteiger partial charge in [-0.2, -0.15) is 0 Å². The van der Waals surface area contributed by atoms with Crippen LogP contribution in [0, 0.1) is 5.41 Å². The maximum absolute atomic E-state index is 10.8. The highest BCUT2D eigenvalue weighted by molar-refractivity contribution is 9.09. The van der Waals surface area contributed by atoms with E-state index in [2.05, 4.69) is 31.9 Å². The Hall–Kier alpha value is 0.720. The SMILES string of the molecule is NC(=O)C(CCl)(CBr)CBr. The average Bonchev–Trinajstić information content (AvgIpc) is 1.92. The molecule has 60 valence electrons. The molecule has 0 aromatic rings. The zero-order valence-corrected chi connectivity index (χ0v) is 9.17. The summed E-state index contributed by atoms with van der Waals surface area (Å²) in [5.74, 6) is -0.144. The van der Waals surface area contributed by atoms with E-state index in [0.29, 0.717) is 10.7 Å². The monoisotopic (exact) mass is 291 g/mol. The smallest absolute Gasteiger partial charge is 0.226 e. The highest BCUT2D eigenvalue weighted by Crippen LogP contribution is 2.24. The number of amides is 1. The lowest BCUT2D eigenvalue weighted by Gasteiger charge is -2.22. The third-order valence-corrected chi connectivity index (χ3v) is 3.95. The summed E-state index contributed by atoms with van der Waals surface area (Å²) in [4.78, 5) is 10.8. The molecule has 0 saturated carbocycles. The van der Waals surface area contributed by atoms with E-state index < -0.39 is 5.41 Å². The zero-order valence-electron chi connectivity index (χ0n) is 5.24. The van der Waals surface area contributed by atoms with Crippen molar-refractivity contribution in [1.82, 2.24) is 0 Å². The third kappa shape index (κ3) is 2.10. The van der Waals surface area contributed by atoms with Gasteiger partial charge in [-0.15, -0.1) is 11.6 Å². The number of carbonyl (C=O) groups excluding carboxylic acids is 1. The normalized spacial score (nSPS) is 11.5. The van der Waals surface area contributed by atoms with Crippen molar-refractivity contribution >= 4 is 49.4 Å². The van der Waals surface area contributed by atoms with E-state index >= 15 is 0 Å². The van der Waals surface area contributed by atoms with Gasteiger partial charge in [0.2, 0.25) is 5.91 Å². The van der Waals surface area contributed by atoms with Crippen molar-refractivity contribution in [3.8, 4) is 0 Å². The molecule has 0 radical (unpaired) electrons. The first-order valence-corrected chi connectivity index (χ1v) is 5.38. The fraction of sp³-hybridized carbons (Fsp3) is 0.800. The summed E-state index contributed by atoms with van der Waals surface area (Å²) in [5.41, 5.74) is 4.48. The van der Waals surface area contributed by atoms with Crippen LogP contribution in [-0.4, -0.2) is 22.4 Å². The van der Waals surface area contributed by atoms with Gasteiger partial charge in [0.25, 0.3) is 0 Å². The predicted molar refractivity (Wildman–Crippen MR) is 49.9 cm³/mol. The number of primary amides is 1. The molecule has 0 aliphatic carbocycles. The van der Waals surface area contributed by atoms with Gasteiger partial charge in [-0.3, -0.25) is 4.79 Å². The molecule has 2 N–H and O–H groups in total. The number of nitrogens with two attached hydrogens (primary N) is 1. The number of rotatable bonds is 4. The van der Waals surface area contributed by atoms with Crippen LogP contribution >= 0.6 is 43.5 Å². The van der Waals surface area contributed by atoms with Crippen LogP contribution in [-0.2, 0) is 4.79 Å². The van der Waals surface area contributed by atoms with E-state index in [-0.39, 0.29) is 11.8 Å². The van der Waals surface area contributed by atoms with Crippen LogP contribution in [0.3, 0.4) is 0 Å². The summed E-state index contributed by atoms with van der Waals surface area (Å²) in [7, 11) is 0. The molecule has 0 unspecified atom stereocenters. The number of hydrogen-bond donors (Lipinski definition) is 1. The van der Waals surface area contributed by atoms with Crippen molar-refractivity contribution in [2.45, 2.75) is 0 Å². The van der Waals surface area contributed by atoms with E-state index in [1.54, 1.807) is 0 Å². The molecule has 0 aliphatic heterocycles. The van der Waals surface area contributed by atoms with Gasteiger partial charge in [0, 0.05) is 16.5 Å². The summed E-state index contributed by atoms with van der Waals surface area (Å²) < 4.78 is 0. The van der Waals surface area contributed by atoms with Crippen molar-refractivity contribution in [1.29, 1.82) is 0 Å². The summed E-state index contributed by atoms with van der Waals surface area (Å²) in [6, 6.07) is 0. The Morgan fingerprint density at radius 1 is 1.50 bits per heavy atom. The van der Waals surface area contributed by atoms with Gasteiger partial charge in [0.1, 0.15) is 0 Å². The first-order chi connectivity index (χ1) is 4.63. The van der Waals surface area contributed by atoms with Crippen molar-refractivity contribution in [3.63, 3.8) is 0 Å². The molecule has 1 amide bonds. The van der Waals surface area contributed by atoms with Crippen LogP contribution in [0.5, 0.6) is 0 Å². The van der Waals surface area contributed by atoms with E-state index in [4.69, 9.17) is 17.3 Å². The number of halogens is 3. The molecule has 0 spiro atoms. The summed E-state index contributed by atoms with van der Waals surface area (Å²) in [6.07, 6.45) is 0. The maximum Gasteiger partial charge on any atom is 0.226 e. The molecule has 0 fully saturated rings. The maximum atomic E-state index is 10.8. The second-order valence-electron chi connectivity index (χ2n) is 2.05. The first-order valence-electron chi connectivity index (χ1n) is 2.61. The Balaban J connectivity index is 4.31. The quantitative estimate of drug-likeness (QED) is 0.784. The average molecular weight is 293 g/mol. The fourth-order valence-corrected chi connectivity index (χ4v) is 2.96. The van der Waals surface area contributed by atoms with Crippen molar-refractivity contribution < 1.29 is 4.79 Å². The minimum atomic E-state index is -0.637. The zero-order chi connectivity index (χ0) is 8.20. The fourth-order valence-electron chi connectivity index (χ4n) is 0.305. The van der Waals surface area contributed by atoms with Crippen LogP contribution in [0.15, 0.2) is 0 Å². The summed E-state index contributed by atoms with van der Waals surface area (Å²) in [6.45, 7) is 0. The van der Waals surface area contributed by atoms with Gasteiger partial charge < -0.3 is 5.73 Å². The Bertz CT molecular complexity index is 119. The van der Waals surface area contributed by atoms with E-state index in [1.165, 1.54) is 0 Å². The largest absolute Gasteiger partial charge is 0.369 e. The van der Waals surface area contributed by atoms with Gasteiger partial charge in [-0.1, -0.05) is 31.9 Å². The number of alkyl halides is 3. The second kappa shape index (κ2) is 4.57. The molecular formula is C5H8Br2ClNO. The molecule has 0 rings (SSSR count). The molecule has 2 nitrogen and oxygen atoms in total. The highest BCUT2D eigenvalue weighted by Gasteiger charge is 2.33. The first kappa shape index (κ1) is 10.7. The van der Waals surface area contributed by atoms with Gasteiger partial charge in [0.05, 0.1) is 5.41 Å². The summed E-state index contributed by atoms with van der Waals surface area (Å²) in [5, 5.41) is 0.980. The molecule has 0 heterocycles. The molecule has 0 aromatic heterocycles. The minimum absolute atomic E-state index is 0.235. The van der Waals surface area contributed by atoms with Crippen molar-refractivity contribution in [2.75, 3.05) is 16.5 Å². The van der Waals surface area contributed by atoms with Crippen molar-refractivity contribution in [2.24, 2.45) is 11.1 Å². The van der Waals surface area contributed by atoms with Crippen LogP contribution in [0.25, 0.3) is 0 Å². The van der Waals surface area contributed by atoms with E-state index in [1.807, 2.05) is 0 Å². The lowest BCUT2D eigenvalue weighted by Crippen LogP contribution is -2.41. The Labute approximate surface area is 81.7 Å². The van der Waals surface area contributed by atoms with E-state index in [9.17, 15) is 4.79 Å². The Morgan fingerprint density at radius 3 is 1.90 bits per heavy atom. The van der Waals surface area contributed by atoms with Crippen LogP contribution in [0.1, 0.15) is 0 Å². The Kier molecular flexibility index (Phi) is 4.90. The molecule has 5 heteroatoms. The molecule has 0 aromatic carbocycles. The predicted octanol–water partition coefficient (Wildman–Crippen LogP) is 1.49. The third-order valence-electron chi connectivity index (χ3n) is 1.29. The van der Waals surface area contributed by atoms with Crippen LogP contribution in [0.2, 0.25) is 0 Å². The number of carbonyl (C=O) groups is 1. The van der Waals surface area contributed by atoms with Gasteiger partial charge in [0.15, 0.2) is 0 Å². The van der Waals surface area contributed by atoms with Crippen LogP contribution < -0.4 is 5.73 Å². The van der Waals surface area contributed by atoms with Crippen molar-refractivity contribution in [3.05, 3.63) is 0 Å².